The average Bonchev–Trinajstić information content (AvgIpc) is 2.51. The van der Waals surface area contributed by atoms with Crippen LogP contribution in [0, 0.1) is 0 Å². The summed E-state index contributed by atoms with van der Waals surface area (Å²) >= 11 is 17.9. The minimum atomic E-state index is -0.873. The van der Waals surface area contributed by atoms with Crippen LogP contribution in [0.3, 0.4) is 0 Å². The van der Waals surface area contributed by atoms with Gasteiger partial charge in [0.25, 0.3) is 5.91 Å². The largest absolute Gasteiger partial charge is 0.494 e. The van der Waals surface area contributed by atoms with Crippen LogP contribution in [0.5, 0.6) is 5.75 Å². The highest BCUT2D eigenvalue weighted by Gasteiger charge is 2.15. The topological polar surface area (TPSA) is 58.6 Å². The molecule has 0 saturated heterocycles. The lowest BCUT2D eigenvalue weighted by Crippen LogP contribution is -2.28. The third-order valence-electron chi connectivity index (χ3n) is 3.15. The van der Waals surface area contributed by atoms with Crippen LogP contribution in [0.4, 0.5) is 0 Å². The standard InChI is InChI=1S/C16H14Cl3NO3/c1-23-15-12(18)6-10(7-13(15)19)16(22)20-8-14(21)9-3-2-4-11(17)5-9/h2-7,14,21H,8H2,1H3,(H,20,22)/t14-/m1/s1. The van der Waals surface area contributed by atoms with E-state index in [-0.39, 0.29) is 22.2 Å². The van der Waals surface area contributed by atoms with Crippen molar-refractivity contribution in [3.05, 3.63) is 62.6 Å². The molecule has 0 radical (unpaired) electrons. The number of methoxy groups -OCH3 is 1. The highest BCUT2D eigenvalue weighted by molar-refractivity contribution is 6.37. The molecule has 23 heavy (non-hydrogen) atoms. The van der Waals surface area contributed by atoms with Crippen LogP contribution in [0.25, 0.3) is 0 Å². The Hall–Kier alpha value is -1.46. The second kappa shape index (κ2) is 7.88. The molecule has 1 atom stereocenters. The summed E-state index contributed by atoms with van der Waals surface area (Å²) < 4.78 is 5.03. The maximum absolute atomic E-state index is 12.1. The van der Waals surface area contributed by atoms with E-state index in [0.29, 0.717) is 16.3 Å². The first kappa shape index (κ1) is 17.9. The molecule has 2 N–H and O–H groups in total. The van der Waals surface area contributed by atoms with Crippen LogP contribution in [0.1, 0.15) is 22.0 Å². The molecule has 7 heteroatoms. The SMILES string of the molecule is COc1c(Cl)cc(C(=O)NC[C@@H](O)c2cccc(Cl)c2)cc1Cl. The lowest BCUT2D eigenvalue weighted by Gasteiger charge is -2.13. The van der Waals surface area contributed by atoms with Gasteiger partial charge in [-0.2, -0.15) is 0 Å². The van der Waals surface area contributed by atoms with Gasteiger partial charge in [0.15, 0.2) is 5.75 Å². The Labute approximate surface area is 148 Å². The first-order chi connectivity index (χ1) is 10.9. The highest BCUT2D eigenvalue weighted by atomic mass is 35.5. The molecule has 0 fully saturated rings. The molecule has 0 aliphatic carbocycles. The van der Waals surface area contributed by atoms with Gasteiger partial charge in [-0.05, 0) is 29.8 Å². The molecule has 0 unspecified atom stereocenters. The van der Waals surface area contributed by atoms with Crippen molar-refractivity contribution in [1.29, 1.82) is 0 Å². The third kappa shape index (κ3) is 4.52. The summed E-state index contributed by atoms with van der Waals surface area (Å²) in [5.74, 6) is -0.0959. The molecule has 0 spiro atoms. The number of carbonyl (C=O) groups is 1. The number of hydrogen-bond donors (Lipinski definition) is 2. The fourth-order valence-corrected chi connectivity index (χ4v) is 2.85. The number of amides is 1. The molecule has 0 aliphatic heterocycles. The van der Waals surface area contributed by atoms with Crippen LogP contribution in [-0.2, 0) is 0 Å². The van der Waals surface area contributed by atoms with Crippen LogP contribution in [0.2, 0.25) is 15.1 Å². The maximum atomic E-state index is 12.1. The summed E-state index contributed by atoms with van der Waals surface area (Å²) in [6, 6.07) is 9.70. The zero-order valence-electron chi connectivity index (χ0n) is 12.1. The molecule has 0 heterocycles. The molecule has 0 aliphatic rings. The minimum Gasteiger partial charge on any atom is -0.494 e. The van der Waals surface area contributed by atoms with Crippen molar-refractivity contribution >= 4 is 40.7 Å². The Kier molecular flexibility index (Phi) is 6.13. The highest BCUT2D eigenvalue weighted by Crippen LogP contribution is 2.33. The minimum absolute atomic E-state index is 0.0282. The smallest absolute Gasteiger partial charge is 0.251 e. The average molecular weight is 375 g/mol. The maximum Gasteiger partial charge on any atom is 0.251 e. The van der Waals surface area contributed by atoms with Crippen molar-refractivity contribution in [1.82, 2.24) is 5.32 Å². The van der Waals surface area contributed by atoms with Crippen LogP contribution >= 0.6 is 34.8 Å². The molecule has 4 nitrogen and oxygen atoms in total. The van der Waals surface area contributed by atoms with Crippen molar-refractivity contribution in [2.75, 3.05) is 13.7 Å². The summed E-state index contributed by atoms with van der Waals surface area (Å²) in [7, 11) is 1.44. The predicted molar refractivity (Wildman–Crippen MR) is 91.8 cm³/mol. The van der Waals surface area contributed by atoms with Gasteiger partial charge < -0.3 is 15.2 Å². The summed E-state index contributed by atoms with van der Waals surface area (Å²) in [5, 5.41) is 13.7. The van der Waals surface area contributed by atoms with E-state index in [0.717, 1.165) is 0 Å². The number of aliphatic hydroxyl groups excluding tert-OH is 1. The monoisotopic (exact) mass is 373 g/mol. The van der Waals surface area contributed by atoms with Gasteiger partial charge in [0.1, 0.15) is 0 Å². The molecular formula is C16H14Cl3NO3. The normalized spacial score (nSPS) is 11.9. The second-order valence-corrected chi connectivity index (χ2v) is 6.00. The van der Waals surface area contributed by atoms with E-state index in [4.69, 9.17) is 39.5 Å². The predicted octanol–water partition coefficient (Wildman–Crippen LogP) is 4.12. The van der Waals surface area contributed by atoms with E-state index in [1.807, 2.05) is 0 Å². The van der Waals surface area contributed by atoms with Crippen molar-refractivity contribution in [2.45, 2.75) is 6.10 Å². The van der Waals surface area contributed by atoms with E-state index in [2.05, 4.69) is 5.32 Å². The number of carbonyl (C=O) groups excluding carboxylic acids is 1. The van der Waals surface area contributed by atoms with Gasteiger partial charge in [-0.1, -0.05) is 46.9 Å². The van der Waals surface area contributed by atoms with Gasteiger partial charge >= 0.3 is 0 Å². The Morgan fingerprint density at radius 3 is 2.43 bits per heavy atom. The Bertz CT molecular complexity index is 698. The van der Waals surface area contributed by atoms with Crippen LogP contribution in [-0.4, -0.2) is 24.7 Å². The first-order valence-corrected chi connectivity index (χ1v) is 7.80. The van der Waals surface area contributed by atoms with Gasteiger partial charge in [0, 0.05) is 17.1 Å². The number of rotatable bonds is 5. The van der Waals surface area contributed by atoms with Gasteiger partial charge in [-0.25, -0.2) is 0 Å². The molecule has 1 amide bonds. The van der Waals surface area contributed by atoms with E-state index in [1.54, 1.807) is 24.3 Å². The van der Waals surface area contributed by atoms with E-state index in [1.165, 1.54) is 19.2 Å². The summed E-state index contributed by atoms with van der Waals surface area (Å²) in [6.45, 7) is 0.0282. The van der Waals surface area contributed by atoms with Gasteiger partial charge in [-0.15, -0.1) is 0 Å². The van der Waals surface area contributed by atoms with Gasteiger partial charge in [0.05, 0.1) is 23.3 Å². The van der Waals surface area contributed by atoms with Crippen molar-refractivity contribution in [3.8, 4) is 5.75 Å². The summed E-state index contributed by atoms with van der Waals surface area (Å²) in [4.78, 5) is 12.1. The third-order valence-corrected chi connectivity index (χ3v) is 3.95. The molecule has 0 saturated carbocycles. The lowest BCUT2D eigenvalue weighted by atomic mass is 10.1. The lowest BCUT2D eigenvalue weighted by molar-refractivity contribution is 0.0916. The van der Waals surface area contributed by atoms with Crippen molar-refractivity contribution in [2.24, 2.45) is 0 Å². The quantitative estimate of drug-likeness (QED) is 0.827. The summed E-state index contributed by atoms with van der Waals surface area (Å²) in [6.07, 6.45) is -0.873. The molecule has 2 aromatic rings. The Morgan fingerprint density at radius 1 is 1.22 bits per heavy atom. The van der Waals surface area contributed by atoms with Crippen LogP contribution in [0.15, 0.2) is 36.4 Å². The molecular weight excluding hydrogens is 361 g/mol. The van der Waals surface area contributed by atoms with Crippen molar-refractivity contribution in [3.63, 3.8) is 0 Å². The molecule has 122 valence electrons. The Balaban J connectivity index is 2.05. The second-order valence-electron chi connectivity index (χ2n) is 4.75. The fourth-order valence-electron chi connectivity index (χ4n) is 2.01. The number of ether oxygens (including phenoxy) is 1. The van der Waals surface area contributed by atoms with E-state index in [9.17, 15) is 9.90 Å². The number of hydrogen-bond acceptors (Lipinski definition) is 3. The van der Waals surface area contributed by atoms with Gasteiger partial charge in [-0.3, -0.25) is 4.79 Å². The number of benzene rings is 2. The molecule has 0 bridgehead atoms. The van der Waals surface area contributed by atoms with Crippen molar-refractivity contribution < 1.29 is 14.6 Å². The van der Waals surface area contributed by atoms with E-state index >= 15 is 0 Å². The molecule has 2 aromatic carbocycles. The van der Waals surface area contributed by atoms with E-state index < -0.39 is 12.0 Å². The molecule has 2 rings (SSSR count). The zero-order chi connectivity index (χ0) is 17.0. The molecule has 0 aromatic heterocycles. The van der Waals surface area contributed by atoms with Crippen LogP contribution < -0.4 is 10.1 Å². The number of nitrogens with one attached hydrogen (secondary N) is 1. The van der Waals surface area contributed by atoms with Gasteiger partial charge in [0.2, 0.25) is 0 Å². The fraction of sp³-hybridized carbons (Fsp3) is 0.188. The number of aliphatic hydroxyl groups is 1. The Morgan fingerprint density at radius 2 is 1.87 bits per heavy atom. The summed E-state index contributed by atoms with van der Waals surface area (Å²) in [5.41, 5.74) is 0.891. The number of halogens is 3. The first-order valence-electron chi connectivity index (χ1n) is 6.67. The zero-order valence-corrected chi connectivity index (χ0v) is 14.4.